The quantitative estimate of drug-likeness (QED) is 0.326. The Kier molecular flexibility index (Phi) is 6.49. The van der Waals surface area contributed by atoms with E-state index in [0.29, 0.717) is 40.7 Å². The Labute approximate surface area is 200 Å². The molecule has 1 aromatic heterocycles. The molecule has 1 aliphatic heterocycles. The van der Waals surface area contributed by atoms with Crippen molar-refractivity contribution in [3.05, 3.63) is 94.8 Å². The van der Waals surface area contributed by atoms with Crippen LogP contribution in [0.2, 0.25) is 0 Å². The van der Waals surface area contributed by atoms with Crippen LogP contribution >= 0.6 is 11.8 Å². The van der Waals surface area contributed by atoms with E-state index in [1.807, 2.05) is 66.7 Å². The lowest BCUT2D eigenvalue weighted by atomic mass is 10.2. The number of aromatic nitrogens is 2. The average Bonchev–Trinajstić information content (AvgIpc) is 2.88. The number of benzene rings is 3. The van der Waals surface area contributed by atoms with Gasteiger partial charge in [0.05, 0.1) is 23.2 Å². The molecule has 34 heavy (non-hydrogen) atoms. The largest absolute Gasteiger partial charge is 0.486 e. The number of amides is 1. The zero-order valence-corrected chi connectivity index (χ0v) is 19.2. The first kappa shape index (κ1) is 22.0. The Bertz CT molecular complexity index is 1370. The second kappa shape index (κ2) is 10.0. The van der Waals surface area contributed by atoms with Crippen LogP contribution in [-0.4, -0.2) is 33.9 Å². The van der Waals surface area contributed by atoms with Gasteiger partial charge in [-0.2, -0.15) is 0 Å². The van der Waals surface area contributed by atoms with Gasteiger partial charge in [-0.15, -0.1) is 0 Å². The molecule has 1 atom stereocenters. The lowest BCUT2D eigenvalue weighted by Gasteiger charge is -2.27. The Morgan fingerprint density at radius 1 is 1.00 bits per heavy atom. The van der Waals surface area contributed by atoms with Crippen molar-refractivity contribution in [3.63, 3.8) is 0 Å². The summed E-state index contributed by atoms with van der Waals surface area (Å²) in [5, 5.41) is 3.91. The van der Waals surface area contributed by atoms with Gasteiger partial charge in [0.1, 0.15) is 6.61 Å². The number of ether oxygens (including phenoxy) is 2. The highest BCUT2D eigenvalue weighted by molar-refractivity contribution is 7.99. The summed E-state index contributed by atoms with van der Waals surface area (Å²) in [4.78, 5) is 30.5. The number of rotatable bonds is 7. The van der Waals surface area contributed by atoms with Gasteiger partial charge >= 0.3 is 0 Å². The van der Waals surface area contributed by atoms with Crippen LogP contribution in [0.15, 0.2) is 88.8 Å². The molecule has 1 amide bonds. The predicted octanol–water partition coefficient (Wildman–Crippen LogP) is 3.65. The highest BCUT2D eigenvalue weighted by Crippen LogP contribution is 2.31. The Hall–Kier alpha value is -3.78. The first-order valence-electron chi connectivity index (χ1n) is 11.0. The fourth-order valence-corrected chi connectivity index (χ4v) is 4.59. The van der Waals surface area contributed by atoms with Crippen LogP contribution in [0.4, 0.5) is 0 Å². The van der Waals surface area contributed by atoms with Crippen molar-refractivity contribution < 1.29 is 14.3 Å². The molecule has 0 fully saturated rings. The van der Waals surface area contributed by atoms with Gasteiger partial charge in [0.25, 0.3) is 5.56 Å². The summed E-state index contributed by atoms with van der Waals surface area (Å²) >= 11 is 1.24. The fraction of sp³-hybridized carbons (Fsp3) is 0.192. The summed E-state index contributed by atoms with van der Waals surface area (Å²) in [5.74, 6) is 1.35. The van der Waals surface area contributed by atoms with E-state index >= 15 is 0 Å². The normalized spacial score (nSPS) is 14.6. The summed E-state index contributed by atoms with van der Waals surface area (Å²) in [7, 11) is 0. The zero-order chi connectivity index (χ0) is 23.3. The SMILES string of the molecule is O=C(CSc1nc2ccccc2c(=O)n1C[C@@H]1COc2ccccc2O1)NCc1ccccc1. The minimum Gasteiger partial charge on any atom is -0.486 e. The topological polar surface area (TPSA) is 82.5 Å². The summed E-state index contributed by atoms with van der Waals surface area (Å²) in [6.45, 7) is 1.03. The first-order chi connectivity index (χ1) is 16.7. The van der Waals surface area contributed by atoms with Gasteiger partial charge in [0.15, 0.2) is 22.8 Å². The molecule has 0 unspecified atom stereocenters. The fourth-order valence-electron chi connectivity index (χ4n) is 3.75. The van der Waals surface area contributed by atoms with Crippen LogP contribution in [0.5, 0.6) is 11.5 Å². The third-order valence-electron chi connectivity index (χ3n) is 5.45. The van der Waals surface area contributed by atoms with Crippen LogP contribution in [-0.2, 0) is 17.9 Å². The molecule has 0 aliphatic carbocycles. The van der Waals surface area contributed by atoms with E-state index in [-0.39, 0.29) is 29.9 Å². The molecule has 7 nitrogen and oxygen atoms in total. The molecular weight excluding hydrogens is 450 g/mol. The third-order valence-corrected chi connectivity index (χ3v) is 6.42. The van der Waals surface area contributed by atoms with Crippen molar-refractivity contribution >= 4 is 28.6 Å². The molecule has 1 aliphatic rings. The van der Waals surface area contributed by atoms with Gasteiger partial charge in [-0.25, -0.2) is 4.98 Å². The molecule has 0 radical (unpaired) electrons. The van der Waals surface area contributed by atoms with Crippen molar-refractivity contribution in [3.8, 4) is 11.5 Å². The van der Waals surface area contributed by atoms with E-state index in [9.17, 15) is 9.59 Å². The summed E-state index contributed by atoms with van der Waals surface area (Å²) in [5.41, 5.74) is 1.46. The second-order valence-electron chi connectivity index (χ2n) is 7.88. The molecule has 0 saturated carbocycles. The summed E-state index contributed by atoms with van der Waals surface area (Å²) in [6.07, 6.45) is -0.359. The molecule has 172 valence electrons. The van der Waals surface area contributed by atoms with Crippen molar-refractivity contribution in [2.24, 2.45) is 0 Å². The van der Waals surface area contributed by atoms with Gasteiger partial charge in [-0.05, 0) is 29.8 Å². The average molecular weight is 474 g/mol. The Morgan fingerprint density at radius 3 is 2.59 bits per heavy atom. The molecule has 0 spiro atoms. The highest BCUT2D eigenvalue weighted by Gasteiger charge is 2.24. The van der Waals surface area contributed by atoms with Gasteiger partial charge < -0.3 is 14.8 Å². The highest BCUT2D eigenvalue weighted by atomic mass is 32.2. The van der Waals surface area contributed by atoms with Crippen molar-refractivity contribution in [1.82, 2.24) is 14.9 Å². The van der Waals surface area contributed by atoms with E-state index in [1.165, 1.54) is 11.8 Å². The van der Waals surface area contributed by atoms with Crippen LogP contribution < -0.4 is 20.3 Å². The smallest absolute Gasteiger partial charge is 0.262 e. The van der Waals surface area contributed by atoms with Crippen LogP contribution in [0.3, 0.4) is 0 Å². The predicted molar refractivity (Wildman–Crippen MR) is 131 cm³/mol. The standard InChI is InChI=1S/C26H23N3O4S/c30-24(27-14-18-8-2-1-3-9-18)17-34-26-28-21-11-5-4-10-20(21)25(31)29(26)15-19-16-32-22-12-6-7-13-23(22)33-19/h1-13,19H,14-17H2,(H,27,30)/t19-/m1/s1. The number of para-hydroxylation sites is 3. The zero-order valence-electron chi connectivity index (χ0n) is 18.3. The minimum atomic E-state index is -0.359. The molecule has 0 bridgehead atoms. The van der Waals surface area contributed by atoms with Crippen molar-refractivity contribution in [1.29, 1.82) is 0 Å². The molecule has 4 aromatic rings. The molecular formula is C26H23N3O4S. The van der Waals surface area contributed by atoms with Gasteiger partial charge in [0.2, 0.25) is 5.91 Å². The maximum Gasteiger partial charge on any atom is 0.262 e. The van der Waals surface area contributed by atoms with E-state index in [4.69, 9.17) is 9.47 Å². The number of nitrogens with zero attached hydrogens (tertiary/aromatic N) is 2. The van der Waals surface area contributed by atoms with Gasteiger partial charge in [-0.3, -0.25) is 14.2 Å². The van der Waals surface area contributed by atoms with Crippen LogP contribution in [0, 0.1) is 0 Å². The summed E-state index contributed by atoms with van der Waals surface area (Å²) < 4.78 is 13.5. The summed E-state index contributed by atoms with van der Waals surface area (Å²) in [6, 6.07) is 24.4. The van der Waals surface area contributed by atoms with Crippen LogP contribution in [0.1, 0.15) is 5.56 Å². The minimum absolute atomic E-state index is 0.131. The monoisotopic (exact) mass is 473 g/mol. The van der Waals surface area contributed by atoms with E-state index in [2.05, 4.69) is 10.3 Å². The molecule has 1 N–H and O–H groups in total. The van der Waals surface area contributed by atoms with E-state index in [1.54, 1.807) is 16.7 Å². The number of carbonyl (C=O) groups excluding carboxylic acids is 1. The van der Waals surface area contributed by atoms with Gasteiger partial charge in [0, 0.05) is 6.54 Å². The van der Waals surface area contributed by atoms with E-state index in [0.717, 1.165) is 5.56 Å². The van der Waals surface area contributed by atoms with Crippen molar-refractivity contribution in [2.75, 3.05) is 12.4 Å². The van der Waals surface area contributed by atoms with Crippen LogP contribution in [0.25, 0.3) is 10.9 Å². The number of thioether (sulfide) groups is 1. The number of hydrogen-bond donors (Lipinski definition) is 1. The van der Waals surface area contributed by atoms with Gasteiger partial charge in [-0.1, -0.05) is 66.4 Å². The Morgan fingerprint density at radius 2 is 1.74 bits per heavy atom. The first-order valence-corrected chi connectivity index (χ1v) is 12.0. The molecule has 8 heteroatoms. The lowest BCUT2D eigenvalue weighted by molar-refractivity contribution is -0.118. The lowest BCUT2D eigenvalue weighted by Crippen LogP contribution is -2.37. The number of fused-ring (bicyclic) bond motifs is 2. The number of hydrogen-bond acceptors (Lipinski definition) is 6. The Balaban J connectivity index is 1.35. The molecule has 2 heterocycles. The molecule has 5 rings (SSSR count). The number of nitrogens with one attached hydrogen (secondary N) is 1. The third kappa shape index (κ3) is 4.92. The number of carbonyl (C=O) groups is 1. The van der Waals surface area contributed by atoms with Crippen molar-refractivity contribution in [2.45, 2.75) is 24.3 Å². The molecule has 3 aromatic carbocycles. The van der Waals surface area contributed by atoms with E-state index < -0.39 is 0 Å². The maximum absolute atomic E-state index is 13.3. The maximum atomic E-state index is 13.3. The second-order valence-corrected chi connectivity index (χ2v) is 8.82. The molecule has 0 saturated heterocycles.